The van der Waals surface area contributed by atoms with Gasteiger partial charge in [-0.25, -0.2) is 26.7 Å². The minimum atomic E-state index is -4.23. The number of carbonyl (C=O) groups is 1. The van der Waals surface area contributed by atoms with E-state index in [9.17, 15) is 22.0 Å². The van der Waals surface area contributed by atoms with Gasteiger partial charge in [0.1, 0.15) is 22.0 Å². The first-order valence-electron chi connectivity index (χ1n) is 6.64. The lowest BCUT2D eigenvalue weighted by Gasteiger charge is -2.19. The van der Waals surface area contributed by atoms with Crippen LogP contribution in [0.15, 0.2) is 17.0 Å². The summed E-state index contributed by atoms with van der Waals surface area (Å²) >= 11 is 0. The van der Waals surface area contributed by atoms with E-state index in [0.29, 0.717) is 0 Å². The molecule has 0 bridgehead atoms. The van der Waals surface area contributed by atoms with Gasteiger partial charge in [-0.1, -0.05) is 0 Å². The van der Waals surface area contributed by atoms with E-state index in [1.54, 1.807) is 20.8 Å². The topological polar surface area (TPSA) is 111 Å². The number of carbonyl (C=O) groups excluding carboxylic acids is 1. The van der Waals surface area contributed by atoms with Crippen molar-refractivity contribution in [3.8, 4) is 0 Å². The lowest BCUT2D eigenvalue weighted by atomic mass is 10.2. The number of ether oxygens (including phenoxy) is 1. The SMILES string of the molecule is CC(C)(C)OC(=O)NCCNS(=O)(=O)c1ccc(F)c(N)c1F. The number of amides is 1. The molecule has 0 atom stereocenters. The highest BCUT2D eigenvalue weighted by Gasteiger charge is 2.22. The minimum Gasteiger partial charge on any atom is -0.444 e. The first-order chi connectivity index (χ1) is 10.4. The minimum absolute atomic E-state index is 0.0769. The Kier molecular flexibility index (Phi) is 5.89. The van der Waals surface area contributed by atoms with Crippen LogP contribution in [0.4, 0.5) is 19.3 Å². The number of halogens is 2. The number of nitrogens with one attached hydrogen (secondary N) is 2. The molecule has 0 fully saturated rings. The van der Waals surface area contributed by atoms with E-state index in [4.69, 9.17) is 10.5 Å². The quantitative estimate of drug-likeness (QED) is 0.548. The Hall–Kier alpha value is -1.94. The Balaban J connectivity index is 2.61. The molecule has 4 N–H and O–H groups in total. The third-order valence-electron chi connectivity index (χ3n) is 2.47. The molecule has 0 aliphatic rings. The fourth-order valence-electron chi connectivity index (χ4n) is 1.50. The first-order valence-corrected chi connectivity index (χ1v) is 8.12. The number of benzene rings is 1. The number of rotatable bonds is 5. The third kappa shape index (κ3) is 5.64. The van der Waals surface area contributed by atoms with Gasteiger partial charge in [0.2, 0.25) is 10.0 Å². The molecule has 0 aliphatic heterocycles. The second kappa shape index (κ2) is 7.09. The molecule has 7 nitrogen and oxygen atoms in total. The van der Waals surface area contributed by atoms with Gasteiger partial charge in [-0.2, -0.15) is 0 Å². The van der Waals surface area contributed by atoms with E-state index >= 15 is 0 Å². The summed E-state index contributed by atoms with van der Waals surface area (Å²) in [4.78, 5) is 10.6. The number of alkyl carbamates (subject to hydrolysis) is 1. The molecule has 1 aromatic carbocycles. The summed E-state index contributed by atoms with van der Waals surface area (Å²) in [6, 6.07) is 1.52. The van der Waals surface area contributed by atoms with E-state index in [2.05, 4.69) is 10.0 Å². The molecule has 1 amide bonds. The number of sulfonamides is 1. The highest BCUT2D eigenvalue weighted by Crippen LogP contribution is 2.22. The van der Waals surface area contributed by atoms with Crippen LogP contribution in [0.25, 0.3) is 0 Å². The summed E-state index contributed by atoms with van der Waals surface area (Å²) < 4.78 is 57.6. The van der Waals surface area contributed by atoms with Crippen molar-refractivity contribution >= 4 is 21.8 Å². The molecule has 1 aromatic rings. The number of nitrogens with two attached hydrogens (primary N) is 1. The molecule has 0 aromatic heterocycles. The Morgan fingerprint density at radius 3 is 2.43 bits per heavy atom. The molecule has 0 saturated carbocycles. The molecule has 130 valence electrons. The van der Waals surface area contributed by atoms with E-state index in [1.807, 2.05) is 0 Å². The summed E-state index contributed by atoms with van der Waals surface area (Å²) in [5.41, 5.74) is 3.56. The van der Waals surface area contributed by atoms with Gasteiger partial charge < -0.3 is 15.8 Å². The van der Waals surface area contributed by atoms with E-state index in [1.165, 1.54) is 0 Å². The molecule has 0 heterocycles. The second-order valence-electron chi connectivity index (χ2n) is 5.60. The summed E-state index contributed by atoms with van der Waals surface area (Å²) in [6.45, 7) is 4.75. The smallest absolute Gasteiger partial charge is 0.407 e. The summed E-state index contributed by atoms with van der Waals surface area (Å²) in [7, 11) is -4.23. The standard InChI is InChI=1S/C13H19F2N3O4S/c1-13(2,3)22-12(19)17-6-7-18-23(20,21)9-5-4-8(14)11(16)10(9)15/h4-5,18H,6-7,16H2,1-3H3,(H,17,19). The van der Waals surface area contributed by atoms with Gasteiger partial charge in [0.15, 0.2) is 5.82 Å². The van der Waals surface area contributed by atoms with Crippen molar-refractivity contribution in [3.05, 3.63) is 23.8 Å². The van der Waals surface area contributed by atoms with E-state index in [-0.39, 0.29) is 13.1 Å². The predicted molar refractivity (Wildman–Crippen MR) is 80.2 cm³/mol. The highest BCUT2D eigenvalue weighted by molar-refractivity contribution is 7.89. The van der Waals surface area contributed by atoms with Crippen LogP contribution in [-0.2, 0) is 14.8 Å². The van der Waals surface area contributed by atoms with Crippen LogP contribution in [0.2, 0.25) is 0 Å². The van der Waals surface area contributed by atoms with Crippen LogP contribution in [0.3, 0.4) is 0 Å². The van der Waals surface area contributed by atoms with E-state index < -0.39 is 43.9 Å². The lowest BCUT2D eigenvalue weighted by Crippen LogP contribution is -2.38. The highest BCUT2D eigenvalue weighted by atomic mass is 32.2. The van der Waals surface area contributed by atoms with Crippen LogP contribution in [0, 0.1) is 11.6 Å². The third-order valence-corrected chi connectivity index (χ3v) is 3.94. The van der Waals surface area contributed by atoms with E-state index in [0.717, 1.165) is 12.1 Å². The Morgan fingerprint density at radius 2 is 1.87 bits per heavy atom. The maximum absolute atomic E-state index is 13.7. The van der Waals surface area contributed by atoms with Gasteiger partial charge in [-0.3, -0.25) is 0 Å². The van der Waals surface area contributed by atoms with Crippen LogP contribution < -0.4 is 15.8 Å². The fourth-order valence-corrected chi connectivity index (χ4v) is 2.62. The largest absolute Gasteiger partial charge is 0.444 e. The van der Waals surface area contributed by atoms with Crippen molar-refractivity contribution in [3.63, 3.8) is 0 Å². The molecule has 0 unspecified atom stereocenters. The van der Waals surface area contributed by atoms with Crippen molar-refractivity contribution in [1.82, 2.24) is 10.0 Å². The molecular formula is C13H19F2N3O4S. The number of anilines is 1. The lowest BCUT2D eigenvalue weighted by molar-refractivity contribution is 0.0529. The zero-order chi connectivity index (χ0) is 17.8. The summed E-state index contributed by atoms with van der Waals surface area (Å²) in [5.74, 6) is -2.41. The van der Waals surface area contributed by atoms with Gasteiger partial charge in [0.25, 0.3) is 0 Å². The summed E-state index contributed by atoms with van der Waals surface area (Å²) in [6.07, 6.45) is -0.714. The number of hydrogen-bond donors (Lipinski definition) is 3. The predicted octanol–water partition coefficient (Wildman–Crippen LogP) is 1.35. The average molecular weight is 351 g/mol. The van der Waals surface area contributed by atoms with Crippen LogP contribution >= 0.6 is 0 Å². The molecule has 1 rings (SSSR count). The van der Waals surface area contributed by atoms with Crippen molar-refractivity contribution in [2.75, 3.05) is 18.8 Å². The van der Waals surface area contributed by atoms with Crippen LogP contribution in [0.1, 0.15) is 20.8 Å². The van der Waals surface area contributed by atoms with Gasteiger partial charge in [0, 0.05) is 13.1 Å². The van der Waals surface area contributed by atoms with Crippen molar-refractivity contribution < 1.29 is 26.7 Å². The summed E-state index contributed by atoms with van der Waals surface area (Å²) in [5, 5.41) is 2.33. The van der Waals surface area contributed by atoms with Crippen LogP contribution in [0.5, 0.6) is 0 Å². The zero-order valence-electron chi connectivity index (χ0n) is 12.9. The van der Waals surface area contributed by atoms with Gasteiger partial charge in [-0.15, -0.1) is 0 Å². The van der Waals surface area contributed by atoms with Gasteiger partial charge >= 0.3 is 6.09 Å². The normalized spacial score (nSPS) is 12.0. The Labute approximate surface area is 133 Å². The second-order valence-corrected chi connectivity index (χ2v) is 7.33. The monoisotopic (exact) mass is 351 g/mol. The van der Waals surface area contributed by atoms with Gasteiger partial charge in [-0.05, 0) is 32.9 Å². The Bertz CT molecular complexity index is 687. The molecule has 0 aliphatic carbocycles. The first kappa shape index (κ1) is 19.1. The molecule has 0 spiro atoms. The maximum Gasteiger partial charge on any atom is 0.407 e. The zero-order valence-corrected chi connectivity index (χ0v) is 13.8. The maximum atomic E-state index is 13.7. The molecule has 10 heteroatoms. The van der Waals surface area contributed by atoms with Crippen LogP contribution in [-0.4, -0.2) is 33.2 Å². The molecule has 23 heavy (non-hydrogen) atoms. The molecule has 0 radical (unpaired) electrons. The number of hydrogen-bond acceptors (Lipinski definition) is 5. The van der Waals surface area contributed by atoms with Crippen molar-refractivity contribution in [1.29, 1.82) is 0 Å². The Morgan fingerprint density at radius 1 is 1.26 bits per heavy atom. The molecular weight excluding hydrogens is 332 g/mol. The number of nitrogen functional groups attached to an aromatic ring is 1. The fraction of sp³-hybridized carbons (Fsp3) is 0.462. The average Bonchev–Trinajstić information content (AvgIpc) is 2.39. The van der Waals surface area contributed by atoms with Crippen molar-refractivity contribution in [2.24, 2.45) is 0 Å². The van der Waals surface area contributed by atoms with Crippen molar-refractivity contribution in [2.45, 2.75) is 31.3 Å². The molecule has 0 saturated heterocycles. The van der Waals surface area contributed by atoms with Gasteiger partial charge in [0.05, 0.1) is 0 Å².